The normalized spacial score (nSPS) is 45.7. The van der Waals surface area contributed by atoms with Crippen LogP contribution in [0.4, 0.5) is 0 Å². The third-order valence-corrected chi connectivity index (χ3v) is 9.61. The van der Waals surface area contributed by atoms with Crippen LogP contribution in [0.15, 0.2) is 24.5 Å². The molecule has 4 heterocycles. The summed E-state index contributed by atoms with van der Waals surface area (Å²) < 4.78 is 38.9. The Kier molecular flexibility index (Phi) is 10.1. The molecule has 15 atom stereocenters. The minimum atomic E-state index is -1.63. The van der Waals surface area contributed by atoms with Crippen molar-refractivity contribution in [2.24, 2.45) is 35.5 Å². The lowest BCUT2D eigenvalue weighted by atomic mass is 9.79. The summed E-state index contributed by atoms with van der Waals surface area (Å²) in [6.07, 6.45) is -5.99. The zero-order valence-corrected chi connectivity index (χ0v) is 24.2. The van der Waals surface area contributed by atoms with Crippen LogP contribution in [0.3, 0.4) is 0 Å². The molecule has 0 aromatic carbocycles. The predicted molar refractivity (Wildman–Crippen MR) is 142 cm³/mol. The van der Waals surface area contributed by atoms with Gasteiger partial charge in [0.25, 0.3) is 0 Å². The average molecular weight is 615 g/mol. The van der Waals surface area contributed by atoms with Gasteiger partial charge in [-0.15, -0.1) is 6.58 Å². The van der Waals surface area contributed by atoms with Gasteiger partial charge in [0.1, 0.15) is 36.4 Å². The summed E-state index contributed by atoms with van der Waals surface area (Å²) in [6, 6.07) is 0. The third-order valence-electron chi connectivity index (χ3n) is 9.61. The Balaban J connectivity index is 1.31. The minimum Gasteiger partial charge on any atom is -0.471 e. The Labute approximate surface area is 249 Å². The van der Waals surface area contributed by atoms with E-state index in [1.807, 2.05) is 6.92 Å². The summed E-state index contributed by atoms with van der Waals surface area (Å²) in [5.74, 6) is -3.74. The Morgan fingerprint density at radius 1 is 1.05 bits per heavy atom. The second-order valence-electron chi connectivity index (χ2n) is 12.0. The van der Waals surface area contributed by atoms with Crippen LogP contribution >= 0.6 is 0 Å². The summed E-state index contributed by atoms with van der Waals surface area (Å²) >= 11 is 0. The quantitative estimate of drug-likeness (QED) is 0.113. The Morgan fingerprint density at radius 3 is 2.44 bits per heavy atom. The van der Waals surface area contributed by atoms with E-state index in [9.17, 15) is 35.1 Å². The molecule has 2 unspecified atom stereocenters. The first-order valence-corrected chi connectivity index (χ1v) is 14.7. The highest BCUT2D eigenvalue weighted by atomic mass is 16.8. The lowest BCUT2D eigenvalue weighted by molar-refractivity contribution is -0.339. The molecule has 1 aliphatic carbocycles. The van der Waals surface area contributed by atoms with Gasteiger partial charge >= 0.3 is 11.9 Å². The first-order valence-electron chi connectivity index (χ1n) is 14.7. The molecule has 1 saturated carbocycles. The van der Waals surface area contributed by atoms with Gasteiger partial charge in [0.05, 0.1) is 44.9 Å². The molecule has 43 heavy (non-hydrogen) atoms. The molecule has 5 aliphatic rings. The SMILES string of the molecule is C=C[C@H]1[C@H](O[C@@H]2O[C@H](CO)[C@@H](O)[C@H](O)[C@H]2O)OC=C(C(=O)O[C@H]2C[C@@H]3C(C(=O)OC)[C@H](O)OC[C@@H]3[C@H]2C)[C@H]1CCC1CO1. The van der Waals surface area contributed by atoms with E-state index in [0.29, 0.717) is 25.9 Å². The molecular weight excluding hydrogens is 572 g/mol. The van der Waals surface area contributed by atoms with Crippen LogP contribution in [0.2, 0.25) is 0 Å². The second kappa shape index (κ2) is 13.5. The van der Waals surface area contributed by atoms with Gasteiger partial charge in [0.15, 0.2) is 12.6 Å². The van der Waals surface area contributed by atoms with Crippen molar-refractivity contribution in [3.8, 4) is 0 Å². The maximum absolute atomic E-state index is 13.7. The fourth-order valence-corrected chi connectivity index (χ4v) is 6.90. The number of rotatable bonds is 10. The molecule has 0 aromatic heterocycles. The lowest BCUT2D eigenvalue weighted by Gasteiger charge is -2.43. The number of aliphatic hydroxyl groups is 5. The van der Waals surface area contributed by atoms with Crippen LogP contribution in [0.25, 0.3) is 0 Å². The Bertz CT molecular complexity index is 1040. The predicted octanol–water partition coefficient (Wildman–Crippen LogP) is -1.04. The summed E-state index contributed by atoms with van der Waals surface area (Å²) in [5.41, 5.74) is 0.252. The van der Waals surface area contributed by atoms with Gasteiger partial charge in [-0.1, -0.05) is 13.0 Å². The van der Waals surface area contributed by atoms with Crippen molar-refractivity contribution < 1.29 is 68.3 Å². The molecule has 242 valence electrons. The van der Waals surface area contributed by atoms with Crippen molar-refractivity contribution in [3.63, 3.8) is 0 Å². The molecule has 4 aliphatic heterocycles. The molecule has 0 bridgehead atoms. The van der Waals surface area contributed by atoms with E-state index in [4.69, 9.17) is 33.2 Å². The molecule has 0 amide bonds. The molecular formula is C29H42O14. The van der Waals surface area contributed by atoms with Crippen molar-refractivity contribution >= 4 is 11.9 Å². The van der Waals surface area contributed by atoms with E-state index < -0.39 is 85.7 Å². The van der Waals surface area contributed by atoms with Gasteiger partial charge < -0.3 is 58.7 Å². The topological polar surface area (TPSA) is 203 Å². The number of carbonyl (C=O) groups is 2. The largest absolute Gasteiger partial charge is 0.471 e. The fourth-order valence-electron chi connectivity index (χ4n) is 6.90. The molecule has 4 fully saturated rings. The average Bonchev–Trinajstić information content (AvgIpc) is 3.78. The van der Waals surface area contributed by atoms with Gasteiger partial charge in [-0.25, -0.2) is 4.79 Å². The van der Waals surface area contributed by atoms with E-state index in [1.165, 1.54) is 13.4 Å². The second-order valence-corrected chi connectivity index (χ2v) is 12.0. The highest BCUT2D eigenvalue weighted by Crippen LogP contribution is 2.48. The highest BCUT2D eigenvalue weighted by Gasteiger charge is 2.54. The third kappa shape index (κ3) is 6.49. The van der Waals surface area contributed by atoms with Crippen molar-refractivity contribution in [3.05, 3.63) is 24.5 Å². The molecule has 5 N–H and O–H groups in total. The first-order chi connectivity index (χ1) is 20.6. The van der Waals surface area contributed by atoms with Gasteiger partial charge in [0.2, 0.25) is 6.29 Å². The van der Waals surface area contributed by atoms with Crippen molar-refractivity contribution in [1.82, 2.24) is 0 Å². The zero-order chi connectivity index (χ0) is 31.0. The number of epoxide rings is 1. The molecule has 5 rings (SSSR count). The lowest BCUT2D eigenvalue weighted by Crippen LogP contribution is -2.60. The van der Waals surface area contributed by atoms with Crippen LogP contribution < -0.4 is 0 Å². The van der Waals surface area contributed by atoms with Gasteiger partial charge in [0, 0.05) is 11.8 Å². The van der Waals surface area contributed by atoms with Crippen molar-refractivity contribution in [2.75, 3.05) is 26.9 Å². The number of aliphatic hydroxyl groups excluding tert-OH is 5. The molecule has 0 spiro atoms. The number of ether oxygens (including phenoxy) is 7. The summed E-state index contributed by atoms with van der Waals surface area (Å²) in [4.78, 5) is 26.1. The van der Waals surface area contributed by atoms with Crippen LogP contribution in [0.1, 0.15) is 26.2 Å². The first kappa shape index (κ1) is 32.3. The zero-order valence-electron chi connectivity index (χ0n) is 24.2. The number of carbonyl (C=O) groups excluding carboxylic acids is 2. The van der Waals surface area contributed by atoms with E-state index in [-0.39, 0.29) is 36.0 Å². The summed E-state index contributed by atoms with van der Waals surface area (Å²) in [6.45, 7) is 6.05. The van der Waals surface area contributed by atoms with E-state index in [0.717, 1.165) is 0 Å². The van der Waals surface area contributed by atoms with Gasteiger partial charge in [-0.05, 0) is 37.0 Å². The summed E-state index contributed by atoms with van der Waals surface area (Å²) in [7, 11) is 1.25. The van der Waals surface area contributed by atoms with Crippen LogP contribution in [-0.2, 0) is 42.7 Å². The number of fused-ring (bicyclic) bond motifs is 1. The van der Waals surface area contributed by atoms with Crippen molar-refractivity contribution in [1.29, 1.82) is 0 Å². The number of hydrogen-bond donors (Lipinski definition) is 5. The van der Waals surface area contributed by atoms with Gasteiger partial charge in [-0.2, -0.15) is 0 Å². The van der Waals surface area contributed by atoms with Crippen molar-refractivity contribution in [2.45, 2.75) is 81.7 Å². The number of esters is 2. The summed E-state index contributed by atoms with van der Waals surface area (Å²) in [5, 5.41) is 50.6. The number of hydrogen-bond acceptors (Lipinski definition) is 14. The minimum absolute atomic E-state index is 0.0649. The van der Waals surface area contributed by atoms with E-state index in [2.05, 4.69) is 6.58 Å². The molecule has 14 heteroatoms. The monoisotopic (exact) mass is 614 g/mol. The number of methoxy groups -OCH3 is 1. The van der Waals surface area contributed by atoms with Crippen LogP contribution in [0.5, 0.6) is 0 Å². The Morgan fingerprint density at radius 2 is 1.79 bits per heavy atom. The molecule has 0 aromatic rings. The Hall–Kier alpha value is -2.14. The van der Waals surface area contributed by atoms with Crippen LogP contribution in [-0.4, -0.2) is 120 Å². The van der Waals surface area contributed by atoms with E-state index in [1.54, 1.807) is 6.08 Å². The van der Waals surface area contributed by atoms with E-state index >= 15 is 0 Å². The molecule has 0 radical (unpaired) electrons. The smallest absolute Gasteiger partial charge is 0.337 e. The van der Waals surface area contributed by atoms with Crippen LogP contribution in [0, 0.1) is 35.5 Å². The molecule has 14 nitrogen and oxygen atoms in total. The fraction of sp³-hybridized carbons (Fsp3) is 0.793. The maximum atomic E-state index is 13.7. The van der Waals surface area contributed by atoms with Gasteiger partial charge in [-0.3, -0.25) is 4.79 Å². The highest BCUT2D eigenvalue weighted by molar-refractivity contribution is 5.89. The molecule has 3 saturated heterocycles. The standard InChI is InChI=1S/C29H42O14/c1-4-14-15(6-5-13-9-38-13)18(11-40-28(14)43-29-24(33)23(32)22(31)20(8-30)42-29)25(34)41-19-7-16-17(12(19)2)10-39-27(36)21(16)26(35)37-3/h4,11-17,19-24,27-33,36H,1,5-10H2,2-3H3/t12-,13?,14-,15+,16+,17-,19+,20-,21?,22-,23+,24-,27-,28+,29+/m1/s1. The maximum Gasteiger partial charge on any atom is 0.337 e.